The molecule has 0 saturated carbocycles. The van der Waals surface area contributed by atoms with Gasteiger partial charge in [0.25, 0.3) is 0 Å². The van der Waals surface area contributed by atoms with Crippen molar-refractivity contribution in [3.05, 3.63) is 29.8 Å². The summed E-state index contributed by atoms with van der Waals surface area (Å²) in [5.41, 5.74) is 0.313. The second-order valence-electron chi connectivity index (χ2n) is 7.26. The van der Waals surface area contributed by atoms with Crippen LogP contribution in [0.1, 0.15) is 26.3 Å². The molecule has 25 heavy (non-hydrogen) atoms. The molecule has 140 valence electrons. The number of hydrogen-bond donors (Lipinski definition) is 1. The maximum Gasteiger partial charge on any atom is 0.410 e. The van der Waals surface area contributed by atoms with E-state index >= 15 is 0 Å². The van der Waals surface area contributed by atoms with Crippen molar-refractivity contribution in [3.8, 4) is 0 Å². The van der Waals surface area contributed by atoms with Gasteiger partial charge >= 0.3 is 6.09 Å². The summed E-state index contributed by atoms with van der Waals surface area (Å²) in [7, 11) is -3.72. The number of ether oxygens (including phenoxy) is 1. The molecule has 1 aliphatic heterocycles. The van der Waals surface area contributed by atoms with Gasteiger partial charge in [0.1, 0.15) is 5.60 Å². The van der Waals surface area contributed by atoms with Gasteiger partial charge in [-0.2, -0.15) is 4.31 Å². The van der Waals surface area contributed by atoms with E-state index in [0.29, 0.717) is 0 Å². The van der Waals surface area contributed by atoms with E-state index in [0.717, 1.165) is 5.56 Å². The number of carbonyl (C=O) groups is 1. The van der Waals surface area contributed by atoms with Gasteiger partial charge in [-0.3, -0.25) is 0 Å². The van der Waals surface area contributed by atoms with Crippen molar-refractivity contribution in [3.63, 3.8) is 0 Å². The third-order valence-electron chi connectivity index (χ3n) is 3.78. The van der Waals surface area contributed by atoms with E-state index in [1.807, 2.05) is 6.92 Å². The number of aliphatic hydroxyl groups is 1. The summed E-state index contributed by atoms with van der Waals surface area (Å²) < 4.78 is 32.1. The highest BCUT2D eigenvalue weighted by Gasteiger charge is 2.33. The average molecular weight is 370 g/mol. The van der Waals surface area contributed by atoms with Crippen LogP contribution >= 0.6 is 0 Å². The van der Waals surface area contributed by atoms with Gasteiger partial charge in [0.2, 0.25) is 10.0 Å². The van der Waals surface area contributed by atoms with Gasteiger partial charge in [0.05, 0.1) is 17.5 Å². The molecule has 1 atom stereocenters. The Bertz CT molecular complexity index is 710. The number of nitrogens with zero attached hydrogens (tertiary/aromatic N) is 2. The summed E-state index contributed by atoms with van der Waals surface area (Å²) in [6.45, 7) is 7.40. The number of amides is 1. The second-order valence-corrected chi connectivity index (χ2v) is 9.19. The van der Waals surface area contributed by atoms with Crippen molar-refractivity contribution in [1.29, 1.82) is 0 Å². The van der Waals surface area contributed by atoms with Gasteiger partial charge in [-0.15, -0.1) is 0 Å². The number of sulfonamides is 1. The zero-order valence-corrected chi connectivity index (χ0v) is 15.9. The van der Waals surface area contributed by atoms with Gasteiger partial charge in [0.15, 0.2) is 0 Å². The Morgan fingerprint density at radius 2 is 1.76 bits per heavy atom. The molecule has 0 radical (unpaired) electrons. The first-order valence-electron chi connectivity index (χ1n) is 8.22. The SMILES string of the molecule is Cc1ccc(S(=O)(=O)N2CCN(C(=O)OC(C)(C)C)CC(O)C2)cc1. The third-order valence-corrected chi connectivity index (χ3v) is 5.65. The summed E-state index contributed by atoms with van der Waals surface area (Å²) in [6.07, 6.45) is -1.53. The molecule has 1 heterocycles. The second kappa shape index (κ2) is 7.31. The fraction of sp³-hybridized carbons (Fsp3) is 0.588. The third kappa shape index (κ3) is 5.17. The van der Waals surface area contributed by atoms with Crippen LogP contribution in [0.4, 0.5) is 4.79 Å². The molecule has 0 aromatic heterocycles. The van der Waals surface area contributed by atoms with Crippen molar-refractivity contribution in [1.82, 2.24) is 9.21 Å². The molecule has 0 bridgehead atoms. The fourth-order valence-corrected chi connectivity index (χ4v) is 4.00. The van der Waals surface area contributed by atoms with Crippen LogP contribution in [0, 0.1) is 6.92 Å². The monoisotopic (exact) mass is 370 g/mol. The summed E-state index contributed by atoms with van der Waals surface area (Å²) in [4.78, 5) is 13.7. The Balaban J connectivity index is 2.15. The largest absolute Gasteiger partial charge is 0.444 e. The minimum absolute atomic E-state index is 0.0365. The summed E-state index contributed by atoms with van der Waals surface area (Å²) >= 11 is 0. The molecule has 1 aromatic carbocycles. The smallest absolute Gasteiger partial charge is 0.410 e. The van der Waals surface area contributed by atoms with E-state index < -0.39 is 27.8 Å². The number of carbonyl (C=O) groups excluding carboxylic acids is 1. The van der Waals surface area contributed by atoms with E-state index in [1.165, 1.54) is 9.21 Å². The minimum atomic E-state index is -3.72. The number of benzene rings is 1. The van der Waals surface area contributed by atoms with Crippen LogP contribution in [0.15, 0.2) is 29.2 Å². The Kier molecular flexibility index (Phi) is 5.75. The van der Waals surface area contributed by atoms with Crippen molar-refractivity contribution in [2.45, 2.75) is 44.3 Å². The lowest BCUT2D eigenvalue weighted by molar-refractivity contribution is 0.0186. The Labute approximate surface area is 149 Å². The van der Waals surface area contributed by atoms with E-state index in [1.54, 1.807) is 45.0 Å². The summed E-state index contributed by atoms with van der Waals surface area (Å²) in [5.74, 6) is 0. The molecule has 1 N–H and O–H groups in total. The summed E-state index contributed by atoms with van der Waals surface area (Å²) in [5, 5.41) is 10.2. The first kappa shape index (κ1) is 19.7. The van der Waals surface area contributed by atoms with Gasteiger partial charge in [-0.05, 0) is 39.8 Å². The number of aryl methyl sites for hydroxylation is 1. The number of β-amino-alcohol motifs (C(OH)–C–C–N with tert-alkyl or cyclic N) is 1. The van der Waals surface area contributed by atoms with Crippen LogP contribution in [0.5, 0.6) is 0 Å². The van der Waals surface area contributed by atoms with Crippen LogP contribution in [0.2, 0.25) is 0 Å². The summed E-state index contributed by atoms with van der Waals surface area (Å²) in [6, 6.07) is 6.56. The Hall–Kier alpha value is -1.64. The van der Waals surface area contributed by atoms with Gasteiger partial charge in [0, 0.05) is 19.6 Å². The number of hydrogen-bond acceptors (Lipinski definition) is 5. The van der Waals surface area contributed by atoms with Crippen LogP contribution < -0.4 is 0 Å². The van der Waals surface area contributed by atoms with Crippen molar-refractivity contribution >= 4 is 16.1 Å². The Morgan fingerprint density at radius 3 is 2.32 bits per heavy atom. The van der Waals surface area contributed by atoms with Crippen LogP contribution in [-0.4, -0.2) is 66.7 Å². The molecular formula is C17H26N2O5S. The highest BCUT2D eigenvalue weighted by Crippen LogP contribution is 2.19. The maximum absolute atomic E-state index is 12.8. The van der Waals surface area contributed by atoms with E-state index in [9.17, 15) is 18.3 Å². The van der Waals surface area contributed by atoms with Crippen LogP contribution in [0.3, 0.4) is 0 Å². The highest BCUT2D eigenvalue weighted by molar-refractivity contribution is 7.89. The molecule has 1 amide bonds. The van der Waals surface area contributed by atoms with Crippen LogP contribution in [0.25, 0.3) is 0 Å². The van der Waals surface area contributed by atoms with E-state index in [2.05, 4.69) is 0 Å². The van der Waals surface area contributed by atoms with Gasteiger partial charge in [-0.25, -0.2) is 13.2 Å². The first-order valence-corrected chi connectivity index (χ1v) is 9.66. The van der Waals surface area contributed by atoms with Crippen molar-refractivity contribution in [2.24, 2.45) is 0 Å². The molecular weight excluding hydrogens is 344 g/mol. The van der Waals surface area contributed by atoms with Crippen LogP contribution in [-0.2, 0) is 14.8 Å². The quantitative estimate of drug-likeness (QED) is 0.854. The van der Waals surface area contributed by atoms with Crippen molar-refractivity contribution in [2.75, 3.05) is 26.2 Å². The fourth-order valence-electron chi connectivity index (χ4n) is 2.53. The molecule has 1 aliphatic rings. The molecule has 1 fully saturated rings. The first-order chi connectivity index (χ1) is 11.5. The zero-order chi connectivity index (χ0) is 18.8. The maximum atomic E-state index is 12.8. The van der Waals surface area contributed by atoms with Crippen molar-refractivity contribution < 1.29 is 23.1 Å². The molecule has 0 spiro atoms. The topological polar surface area (TPSA) is 87.2 Å². The molecule has 8 heteroatoms. The molecule has 7 nitrogen and oxygen atoms in total. The average Bonchev–Trinajstić information content (AvgIpc) is 2.68. The lowest BCUT2D eigenvalue weighted by atomic mass is 10.2. The number of aliphatic hydroxyl groups excluding tert-OH is 1. The lowest BCUT2D eigenvalue weighted by Gasteiger charge is -2.26. The normalized spacial score (nSPS) is 20.2. The molecule has 1 unspecified atom stereocenters. The predicted octanol–water partition coefficient (Wildman–Crippen LogP) is 1.60. The molecule has 2 rings (SSSR count). The molecule has 0 aliphatic carbocycles. The lowest BCUT2D eigenvalue weighted by Crippen LogP contribution is -2.41. The molecule has 1 aromatic rings. The number of rotatable bonds is 2. The van der Waals surface area contributed by atoms with Gasteiger partial charge in [-0.1, -0.05) is 17.7 Å². The minimum Gasteiger partial charge on any atom is -0.444 e. The van der Waals surface area contributed by atoms with Gasteiger partial charge < -0.3 is 14.7 Å². The molecule has 1 saturated heterocycles. The standard InChI is InChI=1S/C17H26N2O5S/c1-13-5-7-15(8-6-13)25(22,23)19-10-9-18(11-14(20)12-19)16(21)24-17(2,3)4/h5-8,14,20H,9-12H2,1-4H3. The predicted molar refractivity (Wildman–Crippen MR) is 93.8 cm³/mol. The highest BCUT2D eigenvalue weighted by atomic mass is 32.2. The Morgan fingerprint density at radius 1 is 1.16 bits per heavy atom. The van der Waals surface area contributed by atoms with E-state index in [-0.39, 0.29) is 31.1 Å². The van der Waals surface area contributed by atoms with E-state index in [4.69, 9.17) is 4.74 Å². The zero-order valence-electron chi connectivity index (χ0n) is 15.1.